The lowest BCUT2D eigenvalue weighted by molar-refractivity contribution is 1.42. The Kier molecular flexibility index (Phi) is 4.22. The Morgan fingerprint density at radius 1 is 0.833 bits per heavy atom. The molecule has 2 aromatic rings. The van der Waals surface area contributed by atoms with Crippen molar-refractivity contribution in [2.24, 2.45) is 0 Å². The largest absolute Gasteiger partial charge is 0.122 e. The number of aryl methyl sites for hydroxylation is 2. The van der Waals surface area contributed by atoms with Crippen molar-refractivity contribution in [1.29, 1.82) is 0 Å². The Morgan fingerprint density at radius 2 is 1.22 bits per heavy atom. The number of allylic oxidation sites excluding steroid dienone is 1. The number of benzene rings is 2. The van der Waals surface area contributed by atoms with Crippen LogP contribution in [0.5, 0.6) is 0 Å². The van der Waals surface area contributed by atoms with Crippen molar-refractivity contribution in [1.82, 2.24) is 0 Å². The van der Waals surface area contributed by atoms with Crippen LogP contribution in [0.2, 0.25) is 0 Å². The van der Waals surface area contributed by atoms with E-state index in [9.17, 15) is 0 Å². The molecule has 18 heavy (non-hydrogen) atoms. The first-order valence-corrected chi connectivity index (χ1v) is 6.64. The van der Waals surface area contributed by atoms with Gasteiger partial charge in [0, 0.05) is 5.88 Å². The Labute approximate surface area is 114 Å². The van der Waals surface area contributed by atoms with E-state index in [2.05, 4.69) is 68.5 Å². The van der Waals surface area contributed by atoms with Gasteiger partial charge in [-0.25, -0.2) is 0 Å². The number of halogens is 1. The fraction of sp³-hybridized carbons (Fsp3) is 0.176. The molecule has 2 aromatic carbocycles. The molecule has 0 amide bonds. The van der Waals surface area contributed by atoms with Gasteiger partial charge < -0.3 is 0 Å². The minimum atomic E-state index is 0.525. The molecule has 0 aliphatic heterocycles. The zero-order valence-corrected chi connectivity index (χ0v) is 11.5. The Balaban J connectivity index is 2.43. The maximum absolute atomic E-state index is 5.88. The van der Waals surface area contributed by atoms with E-state index in [0.29, 0.717) is 5.88 Å². The average molecular weight is 257 g/mol. The molecule has 0 unspecified atom stereocenters. The van der Waals surface area contributed by atoms with Gasteiger partial charge in [0.2, 0.25) is 0 Å². The van der Waals surface area contributed by atoms with Gasteiger partial charge in [0.05, 0.1) is 0 Å². The molecule has 0 aliphatic carbocycles. The molecule has 92 valence electrons. The molecular formula is C17H17Cl. The minimum absolute atomic E-state index is 0.525. The molecule has 0 aromatic heterocycles. The zero-order valence-electron chi connectivity index (χ0n) is 10.8. The van der Waals surface area contributed by atoms with Crippen molar-refractivity contribution in [3.8, 4) is 0 Å². The molecule has 0 saturated heterocycles. The maximum atomic E-state index is 5.88. The second kappa shape index (κ2) is 5.88. The second-order valence-corrected chi connectivity index (χ2v) is 4.81. The highest BCUT2D eigenvalue weighted by atomic mass is 35.5. The monoisotopic (exact) mass is 256 g/mol. The highest BCUT2D eigenvalue weighted by Gasteiger charge is 2.04. The molecule has 0 spiro atoms. The molecule has 0 fully saturated rings. The molecule has 2 rings (SSSR count). The van der Waals surface area contributed by atoms with Crippen LogP contribution in [0.15, 0.2) is 54.6 Å². The van der Waals surface area contributed by atoms with Crippen LogP contribution >= 0.6 is 11.6 Å². The topological polar surface area (TPSA) is 0 Å². The zero-order chi connectivity index (χ0) is 13.0. The summed E-state index contributed by atoms with van der Waals surface area (Å²) < 4.78 is 0. The third-order valence-corrected chi connectivity index (χ3v) is 3.16. The summed E-state index contributed by atoms with van der Waals surface area (Å²) in [6.07, 6.45) is 2.07. The highest BCUT2D eigenvalue weighted by molar-refractivity contribution is 6.19. The average Bonchev–Trinajstić information content (AvgIpc) is 2.39. The lowest BCUT2D eigenvalue weighted by Crippen LogP contribution is -1.89. The maximum Gasteiger partial charge on any atom is 0.0413 e. The SMILES string of the molecule is Cc1ccc(C(=CCCl)c2ccc(C)cc2)cc1. The van der Waals surface area contributed by atoms with Gasteiger partial charge in [-0.2, -0.15) is 0 Å². The van der Waals surface area contributed by atoms with Crippen molar-refractivity contribution in [3.63, 3.8) is 0 Å². The van der Waals surface area contributed by atoms with E-state index in [1.807, 2.05) is 0 Å². The van der Waals surface area contributed by atoms with Crippen LogP contribution in [0.1, 0.15) is 22.3 Å². The minimum Gasteiger partial charge on any atom is -0.122 e. The van der Waals surface area contributed by atoms with Crippen LogP contribution in [0.4, 0.5) is 0 Å². The number of alkyl halides is 1. The quantitative estimate of drug-likeness (QED) is 0.680. The van der Waals surface area contributed by atoms with E-state index in [4.69, 9.17) is 11.6 Å². The van der Waals surface area contributed by atoms with E-state index in [1.54, 1.807) is 0 Å². The van der Waals surface area contributed by atoms with Gasteiger partial charge >= 0.3 is 0 Å². The summed E-state index contributed by atoms with van der Waals surface area (Å²) in [4.78, 5) is 0. The van der Waals surface area contributed by atoms with Gasteiger partial charge in [-0.05, 0) is 30.5 Å². The van der Waals surface area contributed by atoms with E-state index in [1.165, 1.54) is 27.8 Å². The summed E-state index contributed by atoms with van der Waals surface area (Å²) in [5.74, 6) is 0.525. The Hall–Kier alpha value is -1.53. The molecule has 0 radical (unpaired) electrons. The molecule has 0 aliphatic rings. The van der Waals surface area contributed by atoms with Gasteiger partial charge in [-0.15, -0.1) is 11.6 Å². The van der Waals surface area contributed by atoms with Gasteiger partial charge in [0.15, 0.2) is 0 Å². The van der Waals surface area contributed by atoms with Crippen LogP contribution in [0.3, 0.4) is 0 Å². The summed E-state index contributed by atoms with van der Waals surface area (Å²) in [6, 6.07) is 17.1. The van der Waals surface area contributed by atoms with Gasteiger partial charge in [-0.1, -0.05) is 65.7 Å². The van der Waals surface area contributed by atoms with Crippen molar-refractivity contribution >= 4 is 17.2 Å². The summed E-state index contributed by atoms with van der Waals surface area (Å²) >= 11 is 5.88. The third-order valence-electron chi connectivity index (χ3n) is 3.01. The smallest absolute Gasteiger partial charge is 0.0413 e. The second-order valence-electron chi connectivity index (χ2n) is 4.50. The summed E-state index contributed by atoms with van der Waals surface area (Å²) in [5.41, 5.74) is 6.17. The highest BCUT2D eigenvalue weighted by Crippen LogP contribution is 2.24. The van der Waals surface area contributed by atoms with Crippen molar-refractivity contribution in [3.05, 3.63) is 76.9 Å². The molecule has 0 N–H and O–H groups in total. The fourth-order valence-corrected chi connectivity index (χ4v) is 2.10. The number of hydrogen-bond donors (Lipinski definition) is 0. The predicted octanol–water partition coefficient (Wildman–Crippen LogP) is 4.97. The first-order valence-electron chi connectivity index (χ1n) is 6.11. The van der Waals surface area contributed by atoms with Gasteiger partial charge in [0.1, 0.15) is 0 Å². The molecule has 0 bridgehead atoms. The van der Waals surface area contributed by atoms with Crippen LogP contribution < -0.4 is 0 Å². The summed E-state index contributed by atoms with van der Waals surface area (Å²) in [6.45, 7) is 4.20. The molecule has 1 heteroatoms. The molecule has 0 atom stereocenters. The predicted molar refractivity (Wildman–Crippen MR) is 80.2 cm³/mol. The summed E-state index contributed by atoms with van der Waals surface area (Å²) in [5, 5.41) is 0. The number of rotatable bonds is 3. The number of hydrogen-bond acceptors (Lipinski definition) is 0. The first-order chi connectivity index (χ1) is 8.70. The van der Waals surface area contributed by atoms with Crippen LogP contribution in [-0.2, 0) is 0 Å². The van der Waals surface area contributed by atoms with E-state index < -0.39 is 0 Å². The Morgan fingerprint density at radius 3 is 1.56 bits per heavy atom. The van der Waals surface area contributed by atoms with Crippen LogP contribution in [0.25, 0.3) is 5.57 Å². The normalized spacial score (nSPS) is 10.2. The van der Waals surface area contributed by atoms with Gasteiger partial charge in [-0.3, -0.25) is 0 Å². The van der Waals surface area contributed by atoms with Gasteiger partial charge in [0.25, 0.3) is 0 Å². The standard InChI is InChI=1S/C17H17Cl/c1-13-3-7-15(8-4-13)17(11-12-18)16-9-5-14(2)6-10-16/h3-11H,12H2,1-2H3. The molecule has 0 saturated carbocycles. The lowest BCUT2D eigenvalue weighted by atomic mass is 9.96. The van der Waals surface area contributed by atoms with Crippen LogP contribution in [-0.4, -0.2) is 5.88 Å². The van der Waals surface area contributed by atoms with Crippen LogP contribution in [0, 0.1) is 13.8 Å². The van der Waals surface area contributed by atoms with Crippen molar-refractivity contribution < 1.29 is 0 Å². The van der Waals surface area contributed by atoms with E-state index in [-0.39, 0.29) is 0 Å². The summed E-state index contributed by atoms with van der Waals surface area (Å²) in [7, 11) is 0. The van der Waals surface area contributed by atoms with E-state index in [0.717, 1.165) is 0 Å². The first kappa shape index (κ1) is 12.9. The Bertz CT molecular complexity index is 485. The van der Waals surface area contributed by atoms with Crippen molar-refractivity contribution in [2.45, 2.75) is 13.8 Å². The van der Waals surface area contributed by atoms with E-state index >= 15 is 0 Å². The van der Waals surface area contributed by atoms with Crippen molar-refractivity contribution in [2.75, 3.05) is 5.88 Å². The molecule has 0 heterocycles. The third kappa shape index (κ3) is 3.02. The molecular weight excluding hydrogens is 240 g/mol. The molecule has 0 nitrogen and oxygen atoms in total. The fourth-order valence-electron chi connectivity index (χ4n) is 1.95. The lowest BCUT2D eigenvalue weighted by Gasteiger charge is -2.09.